The van der Waals surface area contributed by atoms with Crippen LogP contribution in [0, 0.1) is 11.3 Å². The lowest BCUT2D eigenvalue weighted by molar-refractivity contribution is 0.192. The van der Waals surface area contributed by atoms with Gasteiger partial charge in [0.05, 0.1) is 18.6 Å². The van der Waals surface area contributed by atoms with Crippen molar-refractivity contribution in [2.24, 2.45) is 0 Å². The van der Waals surface area contributed by atoms with Crippen molar-refractivity contribution in [2.75, 3.05) is 25.0 Å². The predicted octanol–water partition coefficient (Wildman–Crippen LogP) is 3.38. The highest BCUT2D eigenvalue weighted by atomic mass is 32.2. The maximum atomic E-state index is 13.2. The molecule has 4 rings (SSSR count). The SMILES string of the molecule is COc1ccccc1Oc1c(NS(=O)(=O)c2ccccc2)nc(-c2ccnc(C#N)c2)nc1OCCO. The lowest BCUT2D eigenvalue weighted by atomic mass is 10.2. The lowest BCUT2D eigenvalue weighted by Gasteiger charge is -2.18. The second-order valence-corrected chi connectivity index (χ2v) is 9.00. The molecule has 0 spiro atoms. The van der Waals surface area contributed by atoms with Gasteiger partial charge in [0.2, 0.25) is 5.75 Å². The molecule has 12 heteroatoms. The molecule has 0 atom stereocenters. The second-order valence-electron chi connectivity index (χ2n) is 7.32. The van der Waals surface area contributed by atoms with Crippen LogP contribution >= 0.6 is 0 Å². The number of nitrogens with zero attached hydrogens (tertiary/aromatic N) is 4. The van der Waals surface area contributed by atoms with E-state index in [1.165, 1.54) is 31.5 Å². The molecule has 0 aliphatic heterocycles. The summed E-state index contributed by atoms with van der Waals surface area (Å²) in [4.78, 5) is 12.7. The molecule has 37 heavy (non-hydrogen) atoms. The van der Waals surface area contributed by atoms with Crippen LogP contribution in [0.5, 0.6) is 23.1 Å². The smallest absolute Gasteiger partial charge is 0.263 e. The number of aliphatic hydroxyl groups excluding tert-OH is 1. The highest BCUT2D eigenvalue weighted by Gasteiger charge is 2.25. The molecule has 0 fully saturated rings. The van der Waals surface area contributed by atoms with E-state index >= 15 is 0 Å². The van der Waals surface area contributed by atoms with Crippen LogP contribution in [0.2, 0.25) is 0 Å². The van der Waals surface area contributed by atoms with Crippen LogP contribution < -0.4 is 18.9 Å². The first-order chi connectivity index (χ1) is 17.9. The first-order valence-electron chi connectivity index (χ1n) is 10.9. The topological polar surface area (TPSA) is 157 Å². The van der Waals surface area contributed by atoms with Crippen LogP contribution in [0.4, 0.5) is 5.82 Å². The largest absolute Gasteiger partial charge is 0.493 e. The molecular formula is C25H21N5O6S. The Morgan fingerprint density at radius 2 is 1.76 bits per heavy atom. The van der Waals surface area contributed by atoms with Crippen molar-refractivity contribution in [3.8, 4) is 40.6 Å². The molecule has 0 amide bonds. The van der Waals surface area contributed by atoms with E-state index < -0.39 is 10.0 Å². The fraction of sp³-hybridized carbons (Fsp3) is 0.120. The van der Waals surface area contributed by atoms with E-state index in [0.29, 0.717) is 11.3 Å². The Morgan fingerprint density at radius 1 is 1.03 bits per heavy atom. The summed E-state index contributed by atoms with van der Waals surface area (Å²) in [5.74, 6) is 0.102. The van der Waals surface area contributed by atoms with Crippen LogP contribution in [0.25, 0.3) is 11.4 Å². The summed E-state index contributed by atoms with van der Waals surface area (Å²) >= 11 is 0. The molecule has 0 aliphatic carbocycles. The van der Waals surface area contributed by atoms with E-state index in [-0.39, 0.29) is 52.8 Å². The molecule has 2 aromatic carbocycles. The molecule has 0 saturated carbocycles. The molecule has 0 saturated heterocycles. The van der Waals surface area contributed by atoms with Gasteiger partial charge in [0.1, 0.15) is 18.4 Å². The van der Waals surface area contributed by atoms with Gasteiger partial charge in [0.25, 0.3) is 15.9 Å². The van der Waals surface area contributed by atoms with E-state index in [9.17, 15) is 18.8 Å². The molecule has 0 unspecified atom stereocenters. The minimum Gasteiger partial charge on any atom is -0.493 e. The first-order valence-corrected chi connectivity index (χ1v) is 12.3. The summed E-state index contributed by atoms with van der Waals surface area (Å²) in [7, 11) is -2.66. The van der Waals surface area contributed by atoms with Crippen LogP contribution in [0.3, 0.4) is 0 Å². The van der Waals surface area contributed by atoms with E-state index in [0.717, 1.165) is 0 Å². The summed E-state index contributed by atoms with van der Waals surface area (Å²) in [5.41, 5.74) is 0.490. The zero-order valence-electron chi connectivity index (χ0n) is 19.5. The minimum absolute atomic E-state index is 0.00749. The zero-order valence-corrected chi connectivity index (χ0v) is 20.3. The first kappa shape index (κ1) is 25.4. The predicted molar refractivity (Wildman–Crippen MR) is 133 cm³/mol. The van der Waals surface area contributed by atoms with E-state index in [1.54, 1.807) is 48.5 Å². The number of aliphatic hydroxyl groups is 1. The normalized spacial score (nSPS) is 10.8. The number of pyridine rings is 1. The molecular weight excluding hydrogens is 498 g/mol. The highest BCUT2D eigenvalue weighted by Crippen LogP contribution is 2.41. The van der Waals surface area contributed by atoms with Gasteiger partial charge in [-0.2, -0.15) is 10.2 Å². The molecule has 2 aromatic heterocycles. The number of para-hydroxylation sites is 2. The van der Waals surface area contributed by atoms with E-state index in [2.05, 4.69) is 19.7 Å². The van der Waals surface area contributed by atoms with Crippen LogP contribution in [-0.4, -0.2) is 48.8 Å². The number of nitriles is 1. The lowest BCUT2D eigenvalue weighted by Crippen LogP contribution is -2.16. The number of rotatable bonds is 10. The van der Waals surface area contributed by atoms with Gasteiger partial charge in [-0.3, -0.25) is 4.72 Å². The summed E-state index contributed by atoms with van der Waals surface area (Å²) < 4.78 is 45.9. The van der Waals surface area contributed by atoms with Crippen LogP contribution in [0.1, 0.15) is 5.69 Å². The average molecular weight is 520 g/mol. The number of aromatic nitrogens is 3. The molecule has 11 nitrogen and oxygen atoms in total. The van der Waals surface area contributed by atoms with Crippen molar-refractivity contribution in [3.63, 3.8) is 0 Å². The summed E-state index contributed by atoms with van der Waals surface area (Å²) in [5, 5.41) is 18.6. The Bertz CT molecular complexity index is 1540. The van der Waals surface area contributed by atoms with Gasteiger partial charge in [-0.1, -0.05) is 30.3 Å². The minimum atomic E-state index is -4.11. The maximum Gasteiger partial charge on any atom is 0.263 e. The molecule has 2 N–H and O–H groups in total. The summed E-state index contributed by atoms with van der Waals surface area (Å²) in [6.07, 6.45) is 1.40. The molecule has 0 radical (unpaired) electrons. The fourth-order valence-corrected chi connectivity index (χ4v) is 4.22. The third-order valence-corrected chi connectivity index (χ3v) is 6.22. The number of benzene rings is 2. The fourth-order valence-electron chi connectivity index (χ4n) is 3.19. The molecule has 4 aromatic rings. The molecule has 0 aliphatic rings. The maximum absolute atomic E-state index is 13.2. The Hall–Kier alpha value is -4.73. The average Bonchev–Trinajstić information content (AvgIpc) is 2.93. The third-order valence-electron chi connectivity index (χ3n) is 4.86. The van der Waals surface area contributed by atoms with Crippen LogP contribution in [-0.2, 0) is 10.0 Å². The Balaban J connectivity index is 1.91. The number of hydrogen-bond donors (Lipinski definition) is 2. The quantitative estimate of drug-likeness (QED) is 0.318. The highest BCUT2D eigenvalue weighted by molar-refractivity contribution is 7.92. The summed E-state index contributed by atoms with van der Waals surface area (Å²) in [6.45, 7) is -0.504. The van der Waals surface area contributed by atoms with Crippen LogP contribution in [0.15, 0.2) is 77.8 Å². The zero-order chi connectivity index (χ0) is 26.3. The number of sulfonamides is 1. The van der Waals surface area contributed by atoms with Crippen molar-refractivity contribution in [1.82, 2.24) is 15.0 Å². The Labute approximate surface area is 213 Å². The molecule has 0 bridgehead atoms. The van der Waals surface area contributed by atoms with Gasteiger partial charge in [0.15, 0.2) is 23.1 Å². The summed E-state index contributed by atoms with van der Waals surface area (Å²) in [6, 6.07) is 19.4. The van der Waals surface area contributed by atoms with Crippen molar-refractivity contribution in [1.29, 1.82) is 5.26 Å². The second kappa shape index (κ2) is 11.3. The standard InChI is InChI=1S/C25H21N5O6S/c1-34-20-9-5-6-10-21(20)36-22-24(30-37(32,33)19-7-3-2-4-8-19)28-23(29-25(22)35-14-13-31)17-11-12-27-18(15-17)16-26/h2-12,15,31H,13-14H2,1H3,(H,28,29,30). The Kier molecular flexibility index (Phi) is 7.77. The molecule has 2 heterocycles. The monoisotopic (exact) mass is 519 g/mol. The van der Waals surface area contributed by atoms with Crippen molar-refractivity contribution in [2.45, 2.75) is 4.90 Å². The van der Waals surface area contributed by atoms with Crippen molar-refractivity contribution >= 4 is 15.8 Å². The van der Waals surface area contributed by atoms with E-state index in [1.807, 2.05) is 6.07 Å². The van der Waals surface area contributed by atoms with Gasteiger partial charge in [-0.05, 0) is 36.4 Å². The van der Waals surface area contributed by atoms with Gasteiger partial charge < -0.3 is 19.3 Å². The van der Waals surface area contributed by atoms with Gasteiger partial charge in [-0.15, -0.1) is 0 Å². The van der Waals surface area contributed by atoms with E-state index in [4.69, 9.17) is 14.2 Å². The van der Waals surface area contributed by atoms with Gasteiger partial charge in [0, 0.05) is 11.8 Å². The Morgan fingerprint density at radius 3 is 2.46 bits per heavy atom. The number of methoxy groups -OCH3 is 1. The van der Waals surface area contributed by atoms with Crippen molar-refractivity contribution < 1.29 is 27.7 Å². The third kappa shape index (κ3) is 5.92. The number of ether oxygens (including phenoxy) is 3. The van der Waals surface area contributed by atoms with Crippen molar-refractivity contribution in [3.05, 3.63) is 78.6 Å². The molecule has 188 valence electrons. The number of anilines is 1. The number of hydrogen-bond acceptors (Lipinski definition) is 10. The number of nitrogens with one attached hydrogen (secondary N) is 1. The van der Waals surface area contributed by atoms with Gasteiger partial charge >= 0.3 is 0 Å². The van der Waals surface area contributed by atoms with Gasteiger partial charge in [-0.25, -0.2) is 18.4 Å².